The zero-order valence-corrected chi connectivity index (χ0v) is 16.1. The summed E-state index contributed by atoms with van der Waals surface area (Å²) < 4.78 is 1.05. The predicted octanol–water partition coefficient (Wildman–Crippen LogP) is 6.52. The Balaban J connectivity index is 2.00. The molecule has 1 aliphatic rings. The molecule has 0 heterocycles. The Labute approximate surface area is 167 Å². The number of fused-ring (bicyclic) bond motifs is 3. The summed E-state index contributed by atoms with van der Waals surface area (Å²) in [5.41, 5.74) is 6.65. The van der Waals surface area contributed by atoms with Gasteiger partial charge >= 0.3 is 0 Å². The van der Waals surface area contributed by atoms with Gasteiger partial charge in [0.2, 0.25) is 0 Å². The van der Waals surface area contributed by atoms with Gasteiger partial charge < -0.3 is 5.11 Å². The Morgan fingerprint density at radius 2 is 1.11 bits per heavy atom. The summed E-state index contributed by atoms with van der Waals surface area (Å²) in [6.07, 6.45) is 0. The molecule has 1 N–H and O–H groups in total. The van der Waals surface area contributed by atoms with Gasteiger partial charge in [0.1, 0.15) is 5.75 Å². The van der Waals surface area contributed by atoms with E-state index in [0.717, 1.165) is 10.0 Å². The normalized spacial score (nSPS) is 13.8. The maximum Gasteiger partial charge on any atom is 0.115 e. The second kappa shape index (κ2) is 6.11. The van der Waals surface area contributed by atoms with Crippen LogP contribution in [0.4, 0.5) is 0 Å². The van der Waals surface area contributed by atoms with Crippen molar-refractivity contribution < 1.29 is 5.11 Å². The highest BCUT2D eigenvalue weighted by molar-refractivity contribution is 9.10. The monoisotopic (exact) mass is 412 g/mol. The average molecular weight is 413 g/mol. The summed E-state index contributed by atoms with van der Waals surface area (Å²) in [4.78, 5) is 0. The molecule has 27 heavy (non-hydrogen) atoms. The molecule has 0 atom stereocenters. The minimum Gasteiger partial charge on any atom is -0.508 e. The largest absolute Gasteiger partial charge is 0.508 e. The minimum atomic E-state index is -0.463. The third kappa shape index (κ3) is 2.30. The molecular weight excluding hydrogens is 396 g/mol. The van der Waals surface area contributed by atoms with E-state index in [9.17, 15) is 5.11 Å². The fraction of sp³-hybridized carbons (Fsp3) is 0.0400. The molecule has 1 aliphatic carbocycles. The Morgan fingerprint density at radius 3 is 1.70 bits per heavy atom. The summed E-state index contributed by atoms with van der Waals surface area (Å²) in [6.45, 7) is 0. The van der Waals surface area contributed by atoms with E-state index in [1.165, 1.54) is 27.8 Å². The molecule has 4 aromatic rings. The zero-order chi connectivity index (χ0) is 18.4. The second-order valence-electron chi connectivity index (χ2n) is 6.90. The molecule has 0 radical (unpaired) electrons. The Morgan fingerprint density at radius 1 is 0.593 bits per heavy atom. The standard InChI is InChI=1S/C25H17BrO/c26-19-11-13-21-22-14-12-20(27)16-24(22)25(23(21)15-19,17-7-3-1-4-8-17)18-9-5-2-6-10-18/h1-16,27H. The van der Waals surface area contributed by atoms with Gasteiger partial charge in [-0.2, -0.15) is 0 Å². The van der Waals surface area contributed by atoms with Crippen LogP contribution in [-0.4, -0.2) is 5.11 Å². The summed E-state index contributed by atoms with van der Waals surface area (Å²) in [5, 5.41) is 10.3. The molecule has 4 aromatic carbocycles. The molecule has 1 nitrogen and oxygen atoms in total. The third-order valence-electron chi connectivity index (χ3n) is 5.50. The van der Waals surface area contributed by atoms with Gasteiger partial charge in [0, 0.05) is 4.47 Å². The van der Waals surface area contributed by atoms with Gasteiger partial charge in [0.25, 0.3) is 0 Å². The first kappa shape index (κ1) is 16.3. The van der Waals surface area contributed by atoms with Crippen LogP contribution >= 0.6 is 15.9 Å². The third-order valence-corrected chi connectivity index (χ3v) is 5.99. The molecule has 0 saturated heterocycles. The van der Waals surface area contributed by atoms with Crippen LogP contribution < -0.4 is 0 Å². The van der Waals surface area contributed by atoms with E-state index in [2.05, 4.69) is 82.7 Å². The molecule has 2 heteroatoms. The number of phenols is 1. The molecule has 0 fully saturated rings. The number of hydrogen-bond acceptors (Lipinski definition) is 1. The van der Waals surface area contributed by atoms with Crippen LogP contribution in [0, 0.1) is 0 Å². The lowest BCUT2D eigenvalue weighted by molar-refractivity contribution is 0.474. The van der Waals surface area contributed by atoms with Gasteiger partial charge in [0.15, 0.2) is 0 Å². The van der Waals surface area contributed by atoms with Crippen LogP contribution in [0.25, 0.3) is 11.1 Å². The molecule has 130 valence electrons. The van der Waals surface area contributed by atoms with Crippen molar-refractivity contribution in [2.75, 3.05) is 0 Å². The fourth-order valence-corrected chi connectivity index (χ4v) is 4.81. The van der Waals surface area contributed by atoms with E-state index in [0.29, 0.717) is 0 Å². The SMILES string of the molecule is Oc1ccc2c(c1)C(c1ccccc1)(c1ccccc1)c1cc(Br)ccc1-2. The van der Waals surface area contributed by atoms with Crippen molar-refractivity contribution in [3.8, 4) is 16.9 Å². The van der Waals surface area contributed by atoms with Crippen molar-refractivity contribution in [1.82, 2.24) is 0 Å². The van der Waals surface area contributed by atoms with Crippen LogP contribution in [0.2, 0.25) is 0 Å². The lowest BCUT2D eigenvalue weighted by atomic mass is 9.68. The van der Waals surface area contributed by atoms with Gasteiger partial charge in [-0.3, -0.25) is 0 Å². The van der Waals surface area contributed by atoms with Crippen molar-refractivity contribution in [2.45, 2.75) is 5.41 Å². The van der Waals surface area contributed by atoms with E-state index in [-0.39, 0.29) is 5.75 Å². The summed E-state index contributed by atoms with van der Waals surface area (Å²) in [6, 6.07) is 33.3. The van der Waals surface area contributed by atoms with Crippen molar-refractivity contribution in [3.05, 3.63) is 124 Å². The van der Waals surface area contributed by atoms with Gasteiger partial charge in [-0.05, 0) is 57.6 Å². The quantitative estimate of drug-likeness (QED) is 0.349. The highest BCUT2D eigenvalue weighted by Gasteiger charge is 2.46. The highest BCUT2D eigenvalue weighted by atomic mass is 79.9. The first-order valence-electron chi connectivity index (χ1n) is 8.96. The maximum absolute atomic E-state index is 10.3. The number of benzene rings is 4. The predicted molar refractivity (Wildman–Crippen MR) is 113 cm³/mol. The first-order chi connectivity index (χ1) is 13.2. The number of hydrogen-bond donors (Lipinski definition) is 1. The van der Waals surface area contributed by atoms with E-state index in [1.807, 2.05) is 24.3 Å². The number of rotatable bonds is 2. The Kier molecular flexibility index (Phi) is 3.70. The van der Waals surface area contributed by atoms with E-state index < -0.39 is 5.41 Å². The number of phenolic OH excluding ortho intramolecular Hbond substituents is 1. The van der Waals surface area contributed by atoms with Crippen LogP contribution in [0.15, 0.2) is 102 Å². The van der Waals surface area contributed by atoms with Crippen molar-refractivity contribution in [2.24, 2.45) is 0 Å². The van der Waals surface area contributed by atoms with Gasteiger partial charge in [-0.1, -0.05) is 88.7 Å². The maximum atomic E-state index is 10.3. The van der Waals surface area contributed by atoms with E-state index in [1.54, 1.807) is 6.07 Å². The first-order valence-corrected chi connectivity index (χ1v) is 9.75. The zero-order valence-electron chi connectivity index (χ0n) is 14.6. The smallest absolute Gasteiger partial charge is 0.115 e. The van der Waals surface area contributed by atoms with E-state index in [4.69, 9.17) is 0 Å². The molecule has 0 aliphatic heterocycles. The molecular formula is C25H17BrO. The lowest BCUT2D eigenvalue weighted by Gasteiger charge is -2.34. The minimum absolute atomic E-state index is 0.289. The summed E-state index contributed by atoms with van der Waals surface area (Å²) in [5.74, 6) is 0.289. The van der Waals surface area contributed by atoms with E-state index >= 15 is 0 Å². The lowest BCUT2D eigenvalue weighted by Crippen LogP contribution is -2.28. The average Bonchev–Trinajstić information content (AvgIpc) is 2.99. The fourth-order valence-electron chi connectivity index (χ4n) is 4.45. The van der Waals surface area contributed by atoms with Crippen molar-refractivity contribution >= 4 is 15.9 Å². The second-order valence-corrected chi connectivity index (χ2v) is 7.82. The van der Waals surface area contributed by atoms with Crippen LogP contribution in [0.3, 0.4) is 0 Å². The van der Waals surface area contributed by atoms with Crippen molar-refractivity contribution in [3.63, 3.8) is 0 Å². The highest BCUT2D eigenvalue weighted by Crippen LogP contribution is 2.57. The summed E-state index contributed by atoms with van der Waals surface area (Å²) in [7, 11) is 0. The van der Waals surface area contributed by atoms with Gasteiger partial charge in [-0.25, -0.2) is 0 Å². The summed E-state index contributed by atoms with van der Waals surface area (Å²) >= 11 is 3.67. The molecule has 0 bridgehead atoms. The molecule has 5 rings (SSSR count). The van der Waals surface area contributed by atoms with Gasteiger partial charge in [-0.15, -0.1) is 0 Å². The Bertz CT molecular complexity index is 1040. The van der Waals surface area contributed by atoms with Crippen LogP contribution in [0.1, 0.15) is 22.3 Å². The van der Waals surface area contributed by atoms with Crippen LogP contribution in [0.5, 0.6) is 5.75 Å². The van der Waals surface area contributed by atoms with Gasteiger partial charge in [0.05, 0.1) is 5.41 Å². The molecule has 0 unspecified atom stereocenters. The molecule has 0 amide bonds. The van der Waals surface area contributed by atoms with Crippen LogP contribution in [-0.2, 0) is 5.41 Å². The molecule has 0 spiro atoms. The Hall–Kier alpha value is -2.84. The number of aromatic hydroxyl groups is 1. The van der Waals surface area contributed by atoms with Crippen molar-refractivity contribution in [1.29, 1.82) is 0 Å². The molecule has 0 saturated carbocycles. The molecule has 0 aromatic heterocycles. The number of halogens is 1. The topological polar surface area (TPSA) is 20.2 Å².